The molecule has 3 aromatic rings. The fourth-order valence-electron chi connectivity index (χ4n) is 2.73. The van der Waals surface area contributed by atoms with Crippen LogP contribution in [-0.4, -0.2) is 18.7 Å². The van der Waals surface area contributed by atoms with Gasteiger partial charge in [0.2, 0.25) is 0 Å². The van der Waals surface area contributed by atoms with Gasteiger partial charge in [-0.2, -0.15) is 5.10 Å². The largest absolute Gasteiger partial charge is 0.493 e. The first-order valence-electron chi connectivity index (χ1n) is 9.79. The lowest BCUT2D eigenvalue weighted by molar-refractivity contribution is 0.0950. The van der Waals surface area contributed by atoms with Crippen molar-refractivity contribution in [3.8, 4) is 11.5 Å². The van der Waals surface area contributed by atoms with Gasteiger partial charge >= 0.3 is 0 Å². The van der Waals surface area contributed by atoms with Crippen molar-refractivity contribution in [3.05, 3.63) is 92.4 Å². The molecule has 0 aliphatic rings. The van der Waals surface area contributed by atoms with Crippen molar-refractivity contribution in [2.75, 3.05) is 6.61 Å². The van der Waals surface area contributed by atoms with E-state index in [0.29, 0.717) is 30.3 Å². The molecule has 0 unspecified atom stereocenters. The number of amides is 1. The van der Waals surface area contributed by atoms with Crippen molar-refractivity contribution >= 4 is 44.0 Å². The van der Waals surface area contributed by atoms with E-state index in [1.165, 1.54) is 0 Å². The van der Waals surface area contributed by atoms with E-state index in [1.54, 1.807) is 18.3 Å². The Morgan fingerprint density at radius 2 is 1.68 bits per heavy atom. The Balaban J connectivity index is 1.72. The molecule has 31 heavy (non-hydrogen) atoms. The van der Waals surface area contributed by atoms with E-state index in [9.17, 15) is 4.79 Å². The molecule has 1 N–H and O–H groups in total. The smallest absolute Gasteiger partial charge is 0.275 e. The molecule has 0 aliphatic heterocycles. The maximum Gasteiger partial charge on any atom is 0.275 e. The second kappa shape index (κ2) is 11.7. The highest BCUT2D eigenvalue weighted by atomic mass is 79.9. The number of hydrazone groups is 1. The monoisotopic (exact) mass is 544 g/mol. The predicted octanol–water partition coefficient (Wildman–Crippen LogP) is 6.34. The zero-order valence-corrected chi connectivity index (χ0v) is 20.1. The molecule has 0 aliphatic carbocycles. The van der Waals surface area contributed by atoms with E-state index < -0.39 is 0 Å². The number of rotatable bonds is 9. The zero-order chi connectivity index (χ0) is 22.1. The molecule has 160 valence electrons. The molecule has 0 saturated heterocycles. The first kappa shape index (κ1) is 23.0. The highest BCUT2D eigenvalue weighted by Crippen LogP contribution is 2.25. The minimum atomic E-state index is -0.369. The first-order valence-corrected chi connectivity index (χ1v) is 11.4. The highest BCUT2D eigenvalue weighted by molar-refractivity contribution is 9.10. The molecule has 0 spiro atoms. The summed E-state index contributed by atoms with van der Waals surface area (Å²) < 4.78 is 13.3. The van der Waals surface area contributed by atoms with Crippen LogP contribution in [0.1, 0.15) is 34.8 Å². The highest BCUT2D eigenvalue weighted by Gasteiger charge is 2.13. The number of halogens is 2. The lowest BCUT2D eigenvalue weighted by Crippen LogP contribution is -2.19. The summed E-state index contributed by atoms with van der Waals surface area (Å²) in [5, 5.41) is 4.12. The summed E-state index contributed by atoms with van der Waals surface area (Å²) in [6.45, 7) is 3.01. The second-order valence-corrected chi connectivity index (χ2v) is 8.48. The molecule has 0 aromatic heterocycles. The SMILES string of the molecule is CCCOc1ccc(Br)cc1/C=N/NC(=O)c1cc(Br)ccc1OCc1ccccc1. The lowest BCUT2D eigenvalue weighted by Gasteiger charge is -2.11. The number of ether oxygens (including phenoxy) is 2. The number of hydrogen-bond acceptors (Lipinski definition) is 4. The Hall–Kier alpha value is -2.64. The second-order valence-electron chi connectivity index (χ2n) is 6.64. The van der Waals surface area contributed by atoms with Crippen LogP contribution in [0.2, 0.25) is 0 Å². The molecule has 0 saturated carbocycles. The number of hydrogen-bond donors (Lipinski definition) is 1. The summed E-state index contributed by atoms with van der Waals surface area (Å²) >= 11 is 6.86. The van der Waals surface area contributed by atoms with E-state index in [1.807, 2.05) is 61.5 Å². The molecule has 0 atom stereocenters. The molecule has 1 amide bonds. The molecule has 3 aromatic carbocycles. The van der Waals surface area contributed by atoms with Crippen LogP contribution in [0, 0.1) is 0 Å². The van der Waals surface area contributed by atoms with Crippen LogP contribution in [0.3, 0.4) is 0 Å². The van der Waals surface area contributed by atoms with Gasteiger partial charge in [0, 0.05) is 14.5 Å². The van der Waals surface area contributed by atoms with Crippen LogP contribution in [0.15, 0.2) is 80.8 Å². The van der Waals surface area contributed by atoms with Gasteiger partial charge in [0.15, 0.2) is 0 Å². The molecule has 7 heteroatoms. The molecular weight excluding hydrogens is 524 g/mol. The van der Waals surface area contributed by atoms with Crippen LogP contribution in [0.25, 0.3) is 0 Å². The van der Waals surface area contributed by atoms with Gasteiger partial charge in [0.1, 0.15) is 18.1 Å². The lowest BCUT2D eigenvalue weighted by atomic mass is 10.2. The fraction of sp³-hybridized carbons (Fsp3) is 0.167. The molecular formula is C24H22Br2N2O3. The van der Waals surface area contributed by atoms with Gasteiger partial charge in [0.25, 0.3) is 5.91 Å². The Morgan fingerprint density at radius 3 is 2.42 bits per heavy atom. The summed E-state index contributed by atoms with van der Waals surface area (Å²) in [6, 6.07) is 20.7. The van der Waals surface area contributed by atoms with Gasteiger partial charge in [0.05, 0.1) is 18.4 Å². The van der Waals surface area contributed by atoms with E-state index in [0.717, 1.165) is 26.5 Å². The summed E-state index contributed by atoms with van der Waals surface area (Å²) in [4.78, 5) is 12.8. The van der Waals surface area contributed by atoms with E-state index >= 15 is 0 Å². The third-order valence-corrected chi connectivity index (χ3v) is 5.21. The van der Waals surface area contributed by atoms with E-state index in [4.69, 9.17) is 9.47 Å². The molecule has 5 nitrogen and oxygen atoms in total. The van der Waals surface area contributed by atoms with Crippen molar-refractivity contribution in [2.24, 2.45) is 5.10 Å². The topological polar surface area (TPSA) is 59.9 Å². The van der Waals surface area contributed by atoms with Gasteiger partial charge in [-0.05, 0) is 48.4 Å². The van der Waals surface area contributed by atoms with Gasteiger partial charge in [-0.3, -0.25) is 4.79 Å². The Kier molecular flexibility index (Phi) is 8.67. The van der Waals surface area contributed by atoms with Crippen LogP contribution in [0.5, 0.6) is 11.5 Å². The van der Waals surface area contributed by atoms with Crippen molar-refractivity contribution in [1.82, 2.24) is 5.43 Å². The maximum atomic E-state index is 12.8. The van der Waals surface area contributed by atoms with Crippen molar-refractivity contribution in [2.45, 2.75) is 20.0 Å². The van der Waals surface area contributed by atoms with Crippen LogP contribution < -0.4 is 14.9 Å². The molecule has 0 bridgehead atoms. The zero-order valence-electron chi connectivity index (χ0n) is 17.0. The fourth-order valence-corrected chi connectivity index (χ4v) is 3.47. The summed E-state index contributed by atoms with van der Waals surface area (Å²) in [6.07, 6.45) is 2.47. The van der Waals surface area contributed by atoms with Crippen molar-refractivity contribution < 1.29 is 14.3 Å². The predicted molar refractivity (Wildman–Crippen MR) is 130 cm³/mol. The Morgan fingerprint density at radius 1 is 0.968 bits per heavy atom. The van der Waals surface area contributed by atoms with Gasteiger partial charge < -0.3 is 9.47 Å². The number of carbonyl (C=O) groups is 1. The van der Waals surface area contributed by atoms with Crippen molar-refractivity contribution in [3.63, 3.8) is 0 Å². The molecule has 0 radical (unpaired) electrons. The van der Waals surface area contributed by atoms with E-state index in [2.05, 4.69) is 42.4 Å². The molecule has 3 rings (SSSR count). The molecule has 0 heterocycles. The van der Waals surface area contributed by atoms with Crippen LogP contribution in [-0.2, 0) is 6.61 Å². The first-order chi connectivity index (χ1) is 15.1. The normalized spacial score (nSPS) is 10.8. The van der Waals surface area contributed by atoms with Gasteiger partial charge in [-0.15, -0.1) is 0 Å². The third-order valence-electron chi connectivity index (χ3n) is 4.23. The maximum absolute atomic E-state index is 12.8. The van der Waals surface area contributed by atoms with Gasteiger partial charge in [-0.25, -0.2) is 5.43 Å². The minimum Gasteiger partial charge on any atom is -0.493 e. The summed E-state index contributed by atoms with van der Waals surface area (Å²) in [5.41, 5.74) is 4.74. The summed E-state index contributed by atoms with van der Waals surface area (Å²) in [5.74, 6) is 0.818. The quantitative estimate of drug-likeness (QED) is 0.252. The van der Waals surface area contributed by atoms with Crippen LogP contribution >= 0.6 is 31.9 Å². The average Bonchev–Trinajstić information content (AvgIpc) is 2.78. The third kappa shape index (κ3) is 6.94. The number of nitrogens with zero attached hydrogens (tertiary/aromatic N) is 1. The van der Waals surface area contributed by atoms with Crippen molar-refractivity contribution in [1.29, 1.82) is 0 Å². The number of benzene rings is 3. The number of carbonyl (C=O) groups excluding carboxylic acids is 1. The number of nitrogens with one attached hydrogen (secondary N) is 1. The summed E-state index contributed by atoms with van der Waals surface area (Å²) in [7, 11) is 0. The van der Waals surface area contributed by atoms with Crippen LogP contribution in [0.4, 0.5) is 0 Å². The Bertz CT molecular complexity index is 1060. The van der Waals surface area contributed by atoms with Gasteiger partial charge in [-0.1, -0.05) is 69.1 Å². The average molecular weight is 546 g/mol. The van der Waals surface area contributed by atoms with E-state index in [-0.39, 0.29) is 5.91 Å². The standard InChI is InChI=1S/C24H22Br2N2O3/c1-2-12-30-22-10-8-19(25)13-18(22)15-27-28-24(29)21-14-20(26)9-11-23(21)31-16-17-6-4-3-5-7-17/h3-11,13-15H,2,12,16H2,1H3,(H,28,29)/b27-15+. The Labute approximate surface area is 198 Å². The molecule has 0 fully saturated rings. The minimum absolute atomic E-state index is 0.363.